The second-order valence-corrected chi connectivity index (χ2v) is 2.18. The first-order valence-corrected chi connectivity index (χ1v) is 3.02. The van der Waals surface area contributed by atoms with Gasteiger partial charge in [0.05, 0.1) is 0 Å². The van der Waals surface area contributed by atoms with Crippen molar-refractivity contribution in [3.63, 3.8) is 0 Å². The third-order valence-corrected chi connectivity index (χ3v) is 1.07. The minimum Gasteiger partial charge on any atom is -0.361 e. The van der Waals surface area contributed by atoms with Gasteiger partial charge in [-0.25, -0.2) is 0 Å². The van der Waals surface area contributed by atoms with Crippen molar-refractivity contribution in [1.29, 1.82) is 0 Å². The second kappa shape index (κ2) is 3.71. The van der Waals surface area contributed by atoms with Gasteiger partial charge in [-0.05, 0) is 13.8 Å². The van der Waals surface area contributed by atoms with Gasteiger partial charge >= 0.3 is 6.18 Å². The van der Waals surface area contributed by atoms with E-state index >= 15 is 0 Å². The van der Waals surface area contributed by atoms with Gasteiger partial charge in [-0.15, -0.1) is 0 Å². The van der Waals surface area contributed by atoms with Gasteiger partial charge in [-0.2, -0.15) is 13.2 Å². The van der Waals surface area contributed by atoms with E-state index in [1.165, 1.54) is 13.8 Å². The molecule has 5 heteroatoms. The molecule has 0 spiro atoms. The van der Waals surface area contributed by atoms with Crippen LogP contribution in [0.5, 0.6) is 0 Å². The summed E-state index contributed by atoms with van der Waals surface area (Å²) in [5.74, 6) is -0.408. The largest absolute Gasteiger partial charge is 0.411 e. The number of hydrogen-bond acceptors (Lipinski definition) is 2. The third kappa shape index (κ3) is 5.84. The summed E-state index contributed by atoms with van der Waals surface area (Å²) in [7, 11) is 0. The Morgan fingerprint density at radius 1 is 1.55 bits per heavy atom. The average molecular weight is 170 g/mol. The quantitative estimate of drug-likeness (QED) is 0.642. The third-order valence-electron chi connectivity index (χ3n) is 1.07. The van der Waals surface area contributed by atoms with Crippen LogP contribution in [0.3, 0.4) is 0 Å². The number of carbonyl (C=O) groups excluding carboxylic acids is 1. The van der Waals surface area contributed by atoms with Crippen LogP contribution in [0.1, 0.15) is 13.8 Å². The number of carbonyl (C=O) groups is 1. The van der Waals surface area contributed by atoms with Crippen LogP contribution in [-0.2, 0) is 9.53 Å². The molecule has 0 saturated heterocycles. The van der Waals surface area contributed by atoms with Gasteiger partial charge in [0, 0.05) is 0 Å². The van der Waals surface area contributed by atoms with Gasteiger partial charge in [-0.3, -0.25) is 4.79 Å². The molecule has 0 radical (unpaired) electrons. The number of hydrogen-bond donors (Lipinski definition) is 0. The predicted octanol–water partition coefficient (Wildman–Crippen LogP) is 1.54. The topological polar surface area (TPSA) is 26.3 Å². The van der Waals surface area contributed by atoms with Gasteiger partial charge in [0.25, 0.3) is 0 Å². The zero-order valence-electron chi connectivity index (χ0n) is 6.23. The van der Waals surface area contributed by atoms with Crippen LogP contribution in [0.2, 0.25) is 0 Å². The lowest BCUT2D eigenvalue weighted by Gasteiger charge is -2.11. The Morgan fingerprint density at radius 3 is 2.27 bits per heavy atom. The zero-order valence-corrected chi connectivity index (χ0v) is 6.23. The highest BCUT2D eigenvalue weighted by Crippen LogP contribution is 2.15. The van der Waals surface area contributed by atoms with E-state index in [0.717, 1.165) is 0 Å². The van der Waals surface area contributed by atoms with E-state index in [0.29, 0.717) is 0 Å². The van der Waals surface area contributed by atoms with E-state index in [4.69, 9.17) is 0 Å². The summed E-state index contributed by atoms with van der Waals surface area (Å²) in [5.41, 5.74) is 0. The Morgan fingerprint density at radius 2 is 2.00 bits per heavy atom. The van der Waals surface area contributed by atoms with E-state index in [1.807, 2.05) is 0 Å². The van der Waals surface area contributed by atoms with Crippen LogP contribution in [0, 0.1) is 0 Å². The monoisotopic (exact) mass is 170 g/mol. The van der Waals surface area contributed by atoms with E-state index in [-0.39, 0.29) is 0 Å². The highest BCUT2D eigenvalue weighted by molar-refractivity contribution is 5.79. The Bertz CT molecular complexity index is 141. The highest BCUT2D eigenvalue weighted by atomic mass is 19.4. The van der Waals surface area contributed by atoms with Crippen LogP contribution >= 0.6 is 0 Å². The molecule has 0 amide bonds. The van der Waals surface area contributed by atoms with Crippen molar-refractivity contribution >= 4 is 5.78 Å². The summed E-state index contributed by atoms with van der Waals surface area (Å²) in [6.45, 7) is 1.10. The van der Waals surface area contributed by atoms with E-state index < -0.39 is 24.7 Å². The predicted molar refractivity (Wildman–Crippen MR) is 32.1 cm³/mol. The highest BCUT2D eigenvalue weighted by Gasteiger charge is 2.29. The Kier molecular flexibility index (Phi) is 3.51. The van der Waals surface area contributed by atoms with Crippen LogP contribution in [0.15, 0.2) is 0 Å². The summed E-state index contributed by atoms with van der Waals surface area (Å²) < 4.78 is 38.5. The maximum Gasteiger partial charge on any atom is 0.411 e. The second-order valence-electron chi connectivity index (χ2n) is 2.18. The van der Waals surface area contributed by atoms with Crippen molar-refractivity contribution in [2.75, 3.05) is 6.61 Å². The van der Waals surface area contributed by atoms with Crippen molar-refractivity contribution in [1.82, 2.24) is 0 Å². The summed E-state index contributed by atoms with van der Waals surface area (Å²) in [6.07, 6.45) is -5.33. The summed E-state index contributed by atoms with van der Waals surface area (Å²) in [5, 5.41) is 0. The van der Waals surface area contributed by atoms with Crippen LogP contribution in [-0.4, -0.2) is 24.7 Å². The molecule has 0 aliphatic rings. The fourth-order valence-electron chi connectivity index (χ4n) is 0.337. The van der Waals surface area contributed by atoms with Gasteiger partial charge in [-0.1, -0.05) is 0 Å². The molecule has 0 aromatic rings. The molecule has 0 aliphatic carbocycles. The lowest BCUT2D eigenvalue weighted by atomic mass is 10.3. The first-order valence-electron chi connectivity index (χ1n) is 3.02. The smallest absolute Gasteiger partial charge is 0.361 e. The molecular weight excluding hydrogens is 161 g/mol. The fraction of sp³-hybridized carbons (Fsp3) is 0.833. The van der Waals surface area contributed by atoms with Crippen molar-refractivity contribution in [2.45, 2.75) is 26.1 Å². The fourth-order valence-corrected chi connectivity index (χ4v) is 0.337. The molecule has 2 nitrogen and oxygen atoms in total. The van der Waals surface area contributed by atoms with Crippen molar-refractivity contribution in [3.8, 4) is 0 Å². The maximum atomic E-state index is 11.4. The Labute approximate surface area is 62.3 Å². The van der Waals surface area contributed by atoms with Gasteiger partial charge < -0.3 is 4.74 Å². The maximum absolute atomic E-state index is 11.4. The summed E-state index contributed by atoms with van der Waals surface area (Å²) >= 11 is 0. The molecule has 11 heavy (non-hydrogen) atoms. The van der Waals surface area contributed by atoms with Gasteiger partial charge in [0.2, 0.25) is 0 Å². The SMILES string of the molecule is CC(=O)C(C)OCC(F)(F)F. The first kappa shape index (κ1) is 10.4. The minimum atomic E-state index is -4.36. The van der Waals surface area contributed by atoms with E-state index in [1.54, 1.807) is 0 Å². The molecule has 0 aliphatic heterocycles. The molecule has 0 saturated carbocycles. The molecular formula is C6H9F3O2. The molecule has 1 unspecified atom stereocenters. The van der Waals surface area contributed by atoms with E-state index in [2.05, 4.69) is 4.74 Å². The number of ketones is 1. The molecule has 66 valence electrons. The van der Waals surface area contributed by atoms with E-state index in [9.17, 15) is 18.0 Å². The molecule has 0 fully saturated rings. The lowest BCUT2D eigenvalue weighted by molar-refractivity contribution is -0.184. The van der Waals surface area contributed by atoms with Crippen LogP contribution in [0.4, 0.5) is 13.2 Å². The summed E-state index contributed by atoms with van der Waals surface area (Å²) in [4.78, 5) is 10.4. The number of rotatable bonds is 3. The molecule has 0 rings (SSSR count). The molecule has 0 bridgehead atoms. The van der Waals surface area contributed by atoms with Gasteiger partial charge in [0.15, 0.2) is 5.78 Å². The molecule has 0 heterocycles. The molecule has 0 N–H and O–H groups in total. The molecule has 0 aromatic heterocycles. The van der Waals surface area contributed by atoms with Crippen LogP contribution in [0.25, 0.3) is 0 Å². The normalized spacial score (nSPS) is 14.6. The number of Topliss-reactive ketones (excluding diaryl/α,β-unsaturated/α-hetero) is 1. The Hall–Kier alpha value is -0.580. The van der Waals surface area contributed by atoms with Crippen molar-refractivity contribution in [3.05, 3.63) is 0 Å². The Balaban J connectivity index is 3.63. The minimum absolute atomic E-state index is 0.408. The number of ether oxygens (including phenoxy) is 1. The van der Waals surface area contributed by atoms with Crippen molar-refractivity contribution in [2.24, 2.45) is 0 Å². The van der Waals surface area contributed by atoms with Crippen LogP contribution < -0.4 is 0 Å². The zero-order chi connectivity index (χ0) is 9.07. The van der Waals surface area contributed by atoms with Crippen molar-refractivity contribution < 1.29 is 22.7 Å². The molecule has 1 atom stereocenters. The lowest BCUT2D eigenvalue weighted by Crippen LogP contribution is -2.25. The number of alkyl halides is 3. The summed E-state index contributed by atoms with van der Waals surface area (Å²) in [6, 6.07) is 0. The van der Waals surface area contributed by atoms with Gasteiger partial charge in [0.1, 0.15) is 12.7 Å². The first-order chi connectivity index (χ1) is 4.83. The standard InChI is InChI=1S/C6H9F3O2/c1-4(10)5(2)11-3-6(7,8)9/h5H,3H2,1-2H3. The molecule has 0 aromatic carbocycles. The number of halogens is 3. The average Bonchev–Trinajstić information content (AvgIpc) is 1.80.